The van der Waals surface area contributed by atoms with E-state index >= 15 is 0 Å². The van der Waals surface area contributed by atoms with Crippen LogP contribution in [0.2, 0.25) is 0 Å². The summed E-state index contributed by atoms with van der Waals surface area (Å²) in [5, 5.41) is 14.2. The van der Waals surface area contributed by atoms with Crippen molar-refractivity contribution in [2.24, 2.45) is 0 Å². The molecule has 0 saturated carbocycles. The van der Waals surface area contributed by atoms with E-state index in [0.717, 1.165) is 40.3 Å². The highest BCUT2D eigenvalue weighted by Gasteiger charge is 2.20. The maximum atomic E-state index is 11.8. The molecule has 6 heteroatoms. The third kappa shape index (κ3) is 6.76. The molecule has 0 fully saturated rings. The summed E-state index contributed by atoms with van der Waals surface area (Å²) in [7, 11) is 0. The molecule has 176 valence electrons. The fourth-order valence-corrected chi connectivity index (χ4v) is 4.05. The first kappa shape index (κ1) is 24.7. The van der Waals surface area contributed by atoms with Gasteiger partial charge in [-0.2, -0.15) is 0 Å². The third-order valence-electron chi connectivity index (χ3n) is 5.72. The second kappa shape index (κ2) is 10.8. The molecular weight excluding hydrogens is 414 g/mol. The Morgan fingerprint density at radius 3 is 2.45 bits per heavy atom. The monoisotopic (exact) mass is 449 g/mol. The molecule has 0 saturated heterocycles. The molecule has 0 aliphatic heterocycles. The van der Waals surface area contributed by atoms with Crippen LogP contribution in [0.1, 0.15) is 55.0 Å². The van der Waals surface area contributed by atoms with Crippen LogP contribution >= 0.6 is 0 Å². The van der Waals surface area contributed by atoms with E-state index < -0.39 is 6.10 Å². The van der Waals surface area contributed by atoms with Crippen molar-refractivity contribution in [2.45, 2.75) is 59.1 Å². The maximum Gasteiger partial charge on any atom is 0.310 e. The number of hydrogen-bond donors (Lipinski definition) is 2. The van der Waals surface area contributed by atoms with Gasteiger partial charge in [0, 0.05) is 35.2 Å². The maximum absolute atomic E-state index is 11.8. The lowest BCUT2D eigenvalue weighted by atomic mass is 9.93. The van der Waals surface area contributed by atoms with E-state index in [1.807, 2.05) is 37.3 Å². The zero-order chi connectivity index (χ0) is 24.0. The Labute approximate surface area is 196 Å². The van der Waals surface area contributed by atoms with Gasteiger partial charge in [-0.3, -0.25) is 4.79 Å². The lowest BCUT2D eigenvalue weighted by Crippen LogP contribution is -2.43. The number of benzene rings is 1. The molecule has 0 amide bonds. The second-order valence-corrected chi connectivity index (χ2v) is 9.16. The fraction of sp³-hybridized carbons (Fsp3) is 0.407. The van der Waals surface area contributed by atoms with E-state index in [1.165, 1.54) is 0 Å². The summed E-state index contributed by atoms with van der Waals surface area (Å²) in [4.78, 5) is 16.3. The first-order valence-electron chi connectivity index (χ1n) is 11.5. The molecule has 0 aliphatic rings. The van der Waals surface area contributed by atoms with Gasteiger partial charge in [0.15, 0.2) is 0 Å². The average Bonchev–Trinajstić information content (AvgIpc) is 3.10. The van der Waals surface area contributed by atoms with E-state index in [-0.39, 0.29) is 17.9 Å². The summed E-state index contributed by atoms with van der Waals surface area (Å²) in [6.45, 7) is 10.9. The van der Waals surface area contributed by atoms with Gasteiger partial charge >= 0.3 is 5.97 Å². The number of nitrogens with one attached hydrogen (secondary N) is 1. The Hall–Kier alpha value is -2.96. The largest absolute Gasteiger partial charge is 0.466 e. The van der Waals surface area contributed by atoms with Gasteiger partial charge in [0.25, 0.3) is 0 Å². The number of pyridine rings is 1. The topological polar surface area (TPSA) is 76.4 Å². The molecule has 33 heavy (non-hydrogen) atoms. The predicted molar refractivity (Wildman–Crippen MR) is 131 cm³/mol. The number of hydrogen-bond acceptors (Lipinski definition) is 5. The van der Waals surface area contributed by atoms with Crippen molar-refractivity contribution < 1.29 is 14.6 Å². The van der Waals surface area contributed by atoms with Crippen LogP contribution in [0.4, 0.5) is 0 Å². The van der Waals surface area contributed by atoms with Crippen LogP contribution < -0.4 is 5.32 Å². The highest BCUT2D eigenvalue weighted by Crippen LogP contribution is 2.19. The molecule has 0 radical (unpaired) electrons. The van der Waals surface area contributed by atoms with Crippen molar-refractivity contribution in [1.29, 1.82) is 0 Å². The van der Waals surface area contributed by atoms with Crippen LogP contribution in [0.15, 0.2) is 54.7 Å². The molecule has 2 heterocycles. The smallest absolute Gasteiger partial charge is 0.310 e. The highest BCUT2D eigenvalue weighted by atomic mass is 16.5. The van der Waals surface area contributed by atoms with Crippen LogP contribution in [-0.2, 0) is 22.4 Å². The van der Waals surface area contributed by atoms with Crippen molar-refractivity contribution >= 4 is 5.97 Å². The number of aliphatic hydroxyl groups is 1. The number of aryl methyl sites for hydroxylation is 2. The number of aliphatic hydroxyl groups excluding tert-OH is 1. The van der Waals surface area contributed by atoms with Gasteiger partial charge in [-0.25, -0.2) is 4.98 Å². The molecule has 2 aromatic heterocycles. The highest BCUT2D eigenvalue weighted by molar-refractivity contribution is 5.72. The molecule has 1 aromatic carbocycles. The normalized spacial score (nSPS) is 12.5. The van der Waals surface area contributed by atoms with Gasteiger partial charge in [0.05, 0.1) is 19.1 Å². The molecule has 3 rings (SSSR count). The Morgan fingerprint density at radius 2 is 1.82 bits per heavy atom. The first-order valence-corrected chi connectivity index (χ1v) is 11.5. The summed E-state index contributed by atoms with van der Waals surface area (Å²) in [6.07, 6.45) is 2.12. The predicted octanol–water partition coefficient (Wildman–Crippen LogP) is 4.24. The molecule has 0 unspecified atom stereocenters. The Bertz CT molecular complexity index is 1050. The molecule has 2 N–H and O–H groups in total. The van der Waals surface area contributed by atoms with Gasteiger partial charge in [-0.1, -0.05) is 30.3 Å². The lowest BCUT2D eigenvalue weighted by molar-refractivity contribution is -0.142. The standard InChI is InChI=1S/C27H35N3O3/c1-6-33-26(32)15-21-8-7-9-22(14-21)16-27(4,5)29-18-24(31)23-12-13-25(28-17-23)30-19(2)10-11-20(30)3/h7-14,17,24,29,31H,6,15-16,18H2,1-5H3/t24-/m0/s1. The lowest BCUT2D eigenvalue weighted by Gasteiger charge is -2.28. The summed E-state index contributed by atoms with van der Waals surface area (Å²) in [6, 6.07) is 16.0. The summed E-state index contributed by atoms with van der Waals surface area (Å²) in [5.41, 5.74) is 4.87. The fourth-order valence-electron chi connectivity index (χ4n) is 4.05. The number of aromatic nitrogens is 2. The number of esters is 1. The van der Waals surface area contributed by atoms with Crippen molar-refractivity contribution in [3.8, 4) is 5.82 Å². The van der Waals surface area contributed by atoms with Crippen molar-refractivity contribution in [3.63, 3.8) is 0 Å². The average molecular weight is 450 g/mol. The number of carbonyl (C=O) groups is 1. The van der Waals surface area contributed by atoms with E-state index in [0.29, 0.717) is 13.2 Å². The minimum Gasteiger partial charge on any atom is -0.466 e. The summed E-state index contributed by atoms with van der Waals surface area (Å²) < 4.78 is 7.14. The minimum absolute atomic E-state index is 0.211. The van der Waals surface area contributed by atoms with Crippen LogP contribution in [0.3, 0.4) is 0 Å². The van der Waals surface area contributed by atoms with E-state index in [4.69, 9.17) is 4.74 Å². The third-order valence-corrected chi connectivity index (χ3v) is 5.72. The van der Waals surface area contributed by atoms with Crippen molar-refractivity contribution in [1.82, 2.24) is 14.9 Å². The first-order chi connectivity index (χ1) is 15.7. The van der Waals surface area contributed by atoms with Crippen LogP contribution in [-0.4, -0.2) is 39.3 Å². The number of β-amino-alcohol motifs (C(OH)–C–C–N with tert-alkyl or cyclic N) is 1. The quantitative estimate of drug-likeness (QED) is 0.453. The molecule has 0 bridgehead atoms. The van der Waals surface area contributed by atoms with Crippen molar-refractivity contribution in [2.75, 3.05) is 13.2 Å². The van der Waals surface area contributed by atoms with Gasteiger partial charge in [0.1, 0.15) is 5.82 Å². The van der Waals surface area contributed by atoms with Gasteiger partial charge in [-0.15, -0.1) is 0 Å². The van der Waals surface area contributed by atoms with Gasteiger partial charge in [0.2, 0.25) is 0 Å². The van der Waals surface area contributed by atoms with Gasteiger partial charge in [-0.05, 0) is 70.4 Å². The zero-order valence-electron chi connectivity index (χ0n) is 20.3. The van der Waals surface area contributed by atoms with Crippen LogP contribution in [0.5, 0.6) is 0 Å². The summed E-state index contributed by atoms with van der Waals surface area (Å²) in [5.74, 6) is 0.638. The number of nitrogens with zero attached hydrogens (tertiary/aromatic N) is 2. The molecule has 0 spiro atoms. The Morgan fingerprint density at radius 1 is 1.12 bits per heavy atom. The molecule has 0 aliphatic carbocycles. The molecule has 3 aromatic rings. The number of rotatable bonds is 10. The Balaban J connectivity index is 1.58. The SMILES string of the molecule is CCOC(=O)Cc1cccc(CC(C)(C)NC[C@H](O)c2ccc(-n3c(C)ccc3C)nc2)c1. The minimum atomic E-state index is -0.659. The molecule has 6 nitrogen and oxygen atoms in total. The van der Waals surface area contributed by atoms with E-state index in [9.17, 15) is 9.90 Å². The molecular formula is C27H35N3O3. The molecule has 1 atom stereocenters. The van der Waals surface area contributed by atoms with E-state index in [2.05, 4.69) is 60.8 Å². The van der Waals surface area contributed by atoms with Crippen LogP contribution in [0.25, 0.3) is 5.82 Å². The van der Waals surface area contributed by atoms with Crippen molar-refractivity contribution in [3.05, 3.63) is 82.8 Å². The van der Waals surface area contributed by atoms with Gasteiger partial charge < -0.3 is 19.7 Å². The zero-order valence-corrected chi connectivity index (χ0v) is 20.3. The van der Waals surface area contributed by atoms with Crippen LogP contribution in [0, 0.1) is 13.8 Å². The number of carbonyl (C=O) groups excluding carboxylic acids is 1. The second-order valence-electron chi connectivity index (χ2n) is 9.16. The Kier molecular flexibility index (Phi) is 8.06. The van der Waals surface area contributed by atoms with E-state index in [1.54, 1.807) is 6.20 Å². The summed E-state index contributed by atoms with van der Waals surface area (Å²) >= 11 is 0. The number of ether oxygens (including phenoxy) is 1.